The van der Waals surface area contributed by atoms with E-state index in [1.54, 1.807) is 37.4 Å². The zero-order valence-electron chi connectivity index (χ0n) is 20.7. The van der Waals surface area contributed by atoms with Gasteiger partial charge in [0.2, 0.25) is 5.75 Å². The van der Waals surface area contributed by atoms with Crippen LogP contribution >= 0.6 is 11.8 Å². The number of methoxy groups -OCH3 is 4. The molecule has 9 heteroatoms. The van der Waals surface area contributed by atoms with Crippen molar-refractivity contribution in [2.75, 3.05) is 34.2 Å². The minimum absolute atomic E-state index is 0.0751. The molecule has 0 bridgehead atoms. The number of benzene rings is 3. The van der Waals surface area contributed by atoms with E-state index >= 15 is 0 Å². The smallest absolute Gasteiger partial charge is 0.266 e. The summed E-state index contributed by atoms with van der Waals surface area (Å²) in [4.78, 5) is 31.5. The Morgan fingerprint density at radius 3 is 2.14 bits per heavy atom. The van der Waals surface area contributed by atoms with Gasteiger partial charge in [0.15, 0.2) is 22.4 Å². The number of hydrogen-bond donors (Lipinski definition) is 0. The monoisotopic (exact) mass is 506 g/mol. The number of rotatable bonds is 9. The van der Waals surface area contributed by atoms with Crippen molar-refractivity contribution in [1.29, 1.82) is 0 Å². The zero-order chi connectivity index (χ0) is 25.8. The fourth-order valence-corrected chi connectivity index (χ4v) is 4.68. The molecule has 0 saturated heterocycles. The second-order valence-electron chi connectivity index (χ2n) is 7.85. The lowest BCUT2D eigenvalue weighted by atomic mass is 10.1. The van der Waals surface area contributed by atoms with Crippen molar-refractivity contribution in [3.05, 3.63) is 76.1 Å². The Morgan fingerprint density at radius 1 is 0.889 bits per heavy atom. The van der Waals surface area contributed by atoms with Crippen molar-refractivity contribution >= 4 is 28.4 Å². The first-order chi connectivity index (χ1) is 17.4. The van der Waals surface area contributed by atoms with Crippen LogP contribution < -0.4 is 24.5 Å². The van der Waals surface area contributed by atoms with Gasteiger partial charge in [0, 0.05) is 5.56 Å². The summed E-state index contributed by atoms with van der Waals surface area (Å²) in [6.45, 7) is 1.97. The van der Waals surface area contributed by atoms with Crippen LogP contribution in [0.3, 0.4) is 0 Å². The summed E-state index contributed by atoms with van der Waals surface area (Å²) in [5.41, 5.74) is 2.23. The maximum Gasteiger partial charge on any atom is 0.266 e. The Morgan fingerprint density at radius 2 is 1.56 bits per heavy atom. The summed E-state index contributed by atoms with van der Waals surface area (Å²) in [6.07, 6.45) is 0. The predicted molar refractivity (Wildman–Crippen MR) is 140 cm³/mol. The van der Waals surface area contributed by atoms with Gasteiger partial charge in [-0.15, -0.1) is 0 Å². The normalized spacial score (nSPS) is 10.8. The first-order valence-corrected chi connectivity index (χ1v) is 12.0. The van der Waals surface area contributed by atoms with Gasteiger partial charge in [0.1, 0.15) is 11.3 Å². The molecule has 36 heavy (non-hydrogen) atoms. The molecule has 4 aromatic rings. The Hall–Kier alpha value is -3.98. The maximum atomic E-state index is 13.8. The number of carbonyl (C=O) groups excluding carboxylic acids is 1. The standard InChI is InChI=1S/C27H26N2O6S/c1-16-6-10-18(11-7-16)29-26(31)20-14-22(33-3)24(34-4)25(35-5)23(20)28-27(29)36-15-21(30)17-8-12-19(32-2)13-9-17/h6-14H,15H2,1-5H3. The van der Waals surface area contributed by atoms with Crippen LogP contribution in [0.5, 0.6) is 23.0 Å². The lowest BCUT2D eigenvalue weighted by Crippen LogP contribution is -2.22. The van der Waals surface area contributed by atoms with E-state index in [0.717, 1.165) is 5.56 Å². The summed E-state index contributed by atoms with van der Waals surface area (Å²) in [6, 6.07) is 16.0. The van der Waals surface area contributed by atoms with Crippen LogP contribution in [0.1, 0.15) is 15.9 Å². The molecule has 0 radical (unpaired) electrons. The Bertz CT molecular complexity index is 1460. The molecule has 0 aliphatic heterocycles. The molecule has 1 heterocycles. The Kier molecular flexibility index (Phi) is 7.49. The van der Waals surface area contributed by atoms with E-state index < -0.39 is 0 Å². The van der Waals surface area contributed by atoms with Crippen LogP contribution in [0.4, 0.5) is 0 Å². The third-order valence-electron chi connectivity index (χ3n) is 5.67. The van der Waals surface area contributed by atoms with Gasteiger partial charge in [0.25, 0.3) is 5.56 Å². The molecular weight excluding hydrogens is 480 g/mol. The van der Waals surface area contributed by atoms with Crippen LogP contribution in [0.25, 0.3) is 16.6 Å². The van der Waals surface area contributed by atoms with Gasteiger partial charge in [-0.05, 0) is 49.4 Å². The number of nitrogens with zero attached hydrogens (tertiary/aromatic N) is 2. The molecule has 0 aliphatic rings. The van der Waals surface area contributed by atoms with Crippen molar-refractivity contribution < 1.29 is 23.7 Å². The van der Waals surface area contributed by atoms with E-state index in [0.29, 0.717) is 44.6 Å². The molecule has 0 N–H and O–H groups in total. The largest absolute Gasteiger partial charge is 0.497 e. The molecule has 0 saturated carbocycles. The Labute approximate surface area is 212 Å². The van der Waals surface area contributed by atoms with Gasteiger partial charge in [-0.1, -0.05) is 29.5 Å². The van der Waals surface area contributed by atoms with Crippen LogP contribution in [0.2, 0.25) is 0 Å². The number of ketones is 1. The number of thioether (sulfide) groups is 1. The van der Waals surface area contributed by atoms with E-state index in [1.165, 1.54) is 37.7 Å². The molecule has 4 rings (SSSR count). The molecule has 8 nitrogen and oxygen atoms in total. The number of Topliss-reactive ketones (excluding diaryl/α,β-unsaturated/α-hetero) is 1. The summed E-state index contributed by atoms with van der Waals surface area (Å²) >= 11 is 1.17. The molecule has 0 fully saturated rings. The number of ether oxygens (including phenoxy) is 4. The molecule has 1 aromatic heterocycles. The van der Waals surface area contributed by atoms with Crippen LogP contribution in [0, 0.1) is 6.92 Å². The molecular formula is C27H26N2O6S. The average Bonchev–Trinajstić information content (AvgIpc) is 2.91. The summed E-state index contributed by atoms with van der Waals surface area (Å²) < 4.78 is 23.2. The summed E-state index contributed by atoms with van der Waals surface area (Å²) in [5, 5.41) is 0.652. The first-order valence-electron chi connectivity index (χ1n) is 11.0. The van der Waals surface area contributed by atoms with E-state index in [1.807, 2.05) is 31.2 Å². The molecule has 0 unspecified atom stereocenters. The third-order valence-corrected chi connectivity index (χ3v) is 6.61. The predicted octanol–water partition coefficient (Wildman–Crippen LogP) is 4.70. The van der Waals surface area contributed by atoms with Gasteiger partial charge in [-0.2, -0.15) is 0 Å². The third kappa shape index (κ3) is 4.74. The fourth-order valence-electron chi connectivity index (χ4n) is 3.78. The minimum atomic E-state index is -0.317. The van der Waals surface area contributed by atoms with E-state index in [-0.39, 0.29) is 22.8 Å². The number of fused-ring (bicyclic) bond motifs is 1. The highest BCUT2D eigenvalue weighted by atomic mass is 32.2. The summed E-state index contributed by atoms with van der Waals surface area (Å²) in [5.74, 6) is 1.60. The molecule has 0 spiro atoms. The van der Waals surface area contributed by atoms with Gasteiger partial charge in [-0.25, -0.2) is 4.98 Å². The van der Waals surface area contributed by atoms with E-state index in [9.17, 15) is 9.59 Å². The number of aryl methyl sites for hydroxylation is 1. The number of hydrogen-bond acceptors (Lipinski definition) is 8. The second-order valence-corrected chi connectivity index (χ2v) is 8.79. The molecule has 0 amide bonds. The van der Waals surface area contributed by atoms with Crippen molar-refractivity contribution in [1.82, 2.24) is 9.55 Å². The minimum Gasteiger partial charge on any atom is -0.497 e. The highest BCUT2D eigenvalue weighted by Crippen LogP contribution is 2.42. The van der Waals surface area contributed by atoms with Crippen LogP contribution in [-0.2, 0) is 0 Å². The number of carbonyl (C=O) groups is 1. The van der Waals surface area contributed by atoms with Crippen LogP contribution in [0.15, 0.2) is 64.5 Å². The van der Waals surface area contributed by atoms with Crippen molar-refractivity contribution in [3.63, 3.8) is 0 Å². The quantitative estimate of drug-likeness (QED) is 0.183. The topological polar surface area (TPSA) is 88.9 Å². The lowest BCUT2D eigenvalue weighted by molar-refractivity contribution is 0.102. The van der Waals surface area contributed by atoms with Crippen molar-refractivity contribution in [2.45, 2.75) is 12.1 Å². The van der Waals surface area contributed by atoms with Crippen molar-refractivity contribution in [2.24, 2.45) is 0 Å². The molecule has 186 valence electrons. The second kappa shape index (κ2) is 10.7. The summed E-state index contributed by atoms with van der Waals surface area (Å²) in [7, 11) is 6.03. The lowest BCUT2D eigenvalue weighted by Gasteiger charge is -2.17. The first kappa shape index (κ1) is 25.1. The number of aromatic nitrogens is 2. The molecule has 0 aliphatic carbocycles. The van der Waals surface area contributed by atoms with Gasteiger partial charge in [0.05, 0.1) is 45.3 Å². The van der Waals surface area contributed by atoms with Gasteiger partial charge < -0.3 is 18.9 Å². The SMILES string of the molecule is COc1ccc(C(=O)CSc2nc3c(OC)c(OC)c(OC)cc3c(=O)n2-c2ccc(C)cc2)cc1. The molecule has 3 aromatic carbocycles. The zero-order valence-corrected chi connectivity index (χ0v) is 21.5. The fraction of sp³-hybridized carbons (Fsp3) is 0.222. The van der Waals surface area contributed by atoms with Gasteiger partial charge >= 0.3 is 0 Å². The maximum absolute atomic E-state index is 13.8. The van der Waals surface area contributed by atoms with E-state index in [4.69, 9.17) is 23.9 Å². The van der Waals surface area contributed by atoms with Crippen LogP contribution in [-0.4, -0.2) is 49.5 Å². The highest BCUT2D eigenvalue weighted by Gasteiger charge is 2.23. The average molecular weight is 507 g/mol. The van der Waals surface area contributed by atoms with Crippen molar-refractivity contribution in [3.8, 4) is 28.7 Å². The van der Waals surface area contributed by atoms with Gasteiger partial charge in [-0.3, -0.25) is 14.2 Å². The highest BCUT2D eigenvalue weighted by molar-refractivity contribution is 7.99. The molecule has 0 atom stereocenters. The Balaban J connectivity index is 1.86. The van der Waals surface area contributed by atoms with E-state index in [2.05, 4.69) is 0 Å².